The SMILES string of the molecule is O=C(OC1CC2CC1CC2C(O)(C(F)(F)F)C(F)(F)F)C(F)(F)S(=O)(=O)O. The molecule has 0 saturated heterocycles. The van der Waals surface area contributed by atoms with Crippen molar-refractivity contribution in [3.63, 3.8) is 0 Å². The van der Waals surface area contributed by atoms with E-state index in [9.17, 15) is 53.4 Å². The minimum atomic E-state index is -6.17. The minimum Gasteiger partial charge on any atom is -0.457 e. The summed E-state index contributed by atoms with van der Waals surface area (Å²) in [5.41, 5.74) is -5.02. The highest BCUT2D eigenvalue weighted by atomic mass is 32.2. The lowest BCUT2D eigenvalue weighted by Crippen LogP contribution is -2.63. The smallest absolute Gasteiger partial charge is 0.457 e. The number of rotatable bonds is 4. The van der Waals surface area contributed by atoms with Crippen molar-refractivity contribution in [1.29, 1.82) is 0 Å². The second-order valence-electron chi connectivity index (χ2n) is 6.53. The lowest BCUT2D eigenvalue weighted by Gasteiger charge is -2.41. The Labute approximate surface area is 146 Å². The molecular formula is C12H12F8O6S. The van der Waals surface area contributed by atoms with Crippen molar-refractivity contribution in [1.82, 2.24) is 0 Å². The number of ether oxygens (including phenoxy) is 1. The molecule has 2 N–H and O–H groups in total. The zero-order chi connectivity index (χ0) is 21.2. The van der Waals surface area contributed by atoms with E-state index in [4.69, 9.17) is 4.55 Å². The molecule has 4 atom stereocenters. The summed E-state index contributed by atoms with van der Waals surface area (Å²) in [5, 5.41) is 4.08. The molecule has 2 bridgehead atoms. The van der Waals surface area contributed by atoms with Crippen molar-refractivity contribution in [2.24, 2.45) is 17.8 Å². The molecule has 0 radical (unpaired) electrons. The summed E-state index contributed by atoms with van der Waals surface area (Å²) in [6.07, 6.45) is -15.7. The predicted octanol–water partition coefficient (Wildman–Crippen LogP) is 2.28. The Morgan fingerprint density at radius 3 is 1.70 bits per heavy atom. The zero-order valence-corrected chi connectivity index (χ0v) is 13.7. The number of alkyl halides is 8. The molecule has 0 aromatic rings. The molecule has 0 heterocycles. The Hall–Kier alpha value is -1.22. The number of carbonyl (C=O) groups excluding carboxylic acids is 1. The second kappa shape index (κ2) is 6.14. The lowest BCUT2D eigenvalue weighted by molar-refractivity contribution is -0.389. The molecule has 27 heavy (non-hydrogen) atoms. The van der Waals surface area contributed by atoms with Crippen LogP contribution < -0.4 is 0 Å². The topological polar surface area (TPSA) is 101 Å². The van der Waals surface area contributed by atoms with E-state index in [2.05, 4.69) is 4.74 Å². The average Bonchev–Trinajstić information content (AvgIpc) is 3.02. The van der Waals surface area contributed by atoms with Gasteiger partial charge in [0, 0.05) is 5.92 Å². The summed E-state index contributed by atoms with van der Waals surface area (Å²) in [6, 6.07) is 0. The maximum Gasteiger partial charge on any atom is 0.465 e. The first-order valence-corrected chi connectivity index (χ1v) is 8.69. The molecule has 4 unspecified atom stereocenters. The minimum absolute atomic E-state index is 0.380. The maximum atomic E-state index is 13.1. The molecule has 0 aromatic carbocycles. The van der Waals surface area contributed by atoms with Crippen LogP contribution in [0.5, 0.6) is 0 Å². The average molecular weight is 436 g/mol. The molecule has 15 heteroatoms. The van der Waals surface area contributed by atoms with Crippen LogP contribution in [0.15, 0.2) is 0 Å². The Morgan fingerprint density at radius 1 is 0.889 bits per heavy atom. The van der Waals surface area contributed by atoms with Gasteiger partial charge in [-0.1, -0.05) is 0 Å². The molecule has 0 aliphatic heterocycles. The van der Waals surface area contributed by atoms with Gasteiger partial charge in [-0.25, -0.2) is 4.79 Å². The number of halogens is 8. The van der Waals surface area contributed by atoms with E-state index < -0.39 is 76.0 Å². The summed E-state index contributed by atoms with van der Waals surface area (Å²) in [4.78, 5) is 11.2. The summed E-state index contributed by atoms with van der Waals surface area (Å²) >= 11 is 0. The summed E-state index contributed by atoms with van der Waals surface area (Å²) in [6.45, 7) is 0. The van der Waals surface area contributed by atoms with E-state index in [1.807, 2.05) is 0 Å². The molecule has 0 aromatic heterocycles. The number of esters is 1. The van der Waals surface area contributed by atoms with Crippen molar-refractivity contribution in [3.8, 4) is 0 Å². The van der Waals surface area contributed by atoms with Crippen LogP contribution in [-0.2, 0) is 19.6 Å². The standard InChI is InChI=1S/C12H12F8O6S/c13-10(14,27(23,24)25)8(21)26-7-3-4-1-5(7)2-6(4)9(22,11(15,16)17)12(18,19)20/h4-7,22H,1-3H2,(H,23,24,25). The summed E-state index contributed by atoms with van der Waals surface area (Å²) < 4.78 is 137. The van der Waals surface area contributed by atoms with E-state index >= 15 is 0 Å². The van der Waals surface area contributed by atoms with Crippen LogP contribution in [0.1, 0.15) is 19.3 Å². The van der Waals surface area contributed by atoms with Gasteiger partial charge in [-0.2, -0.15) is 43.5 Å². The largest absolute Gasteiger partial charge is 0.465 e. The van der Waals surface area contributed by atoms with Crippen molar-refractivity contribution in [3.05, 3.63) is 0 Å². The fourth-order valence-electron chi connectivity index (χ4n) is 3.77. The number of aliphatic hydroxyl groups is 1. The van der Waals surface area contributed by atoms with Gasteiger partial charge in [0.05, 0.1) is 0 Å². The monoisotopic (exact) mass is 436 g/mol. The van der Waals surface area contributed by atoms with Gasteiger partial charge >= 0.3 is 33.7 Å². The van der Waals surface area contributed by atoms with Gasteiger partial charge in [0.15, 0.2) is 0 Å². The number of hydrogen-bond donors (Lipinski definition) is 2. The molecule has 6 nitrogen and oxygen atoms in total. The highest BCUT2D eigenvalue weighted by Gasteiger charge is 2.76. The quantitative estimate of drug-likeness (QED) is 0.399. The van der Waals surface area contributed by atoms with Crippen molar-refractivity contribution < 1.29 is 62.7 Å². The van der Waals surface area contributed by atoms with Gasteiger partial charge in [0.2, 0.25) is 0 Å². The van der Waals surface area contributed by atoms with Crippen molar-refractivity contribution in [2.75, 3.05) is 0 Å². The Kier molecular flexibility index (Phi) is 5.02. The van der Waals surface area contributed by atoms with Crippen LogP contribution in [0.4, 0.5) is 35.1 Å². The number of hydrogen-bond acceptors (Lipinski definition) is 5. The summed E-state index contributed by atoms with van der Waals surface area (Å²) in [7, 11) is -6.17. The highest BCUT2D eigenvalue weighted by Crippen LogP contribution is 2.60. The number of fused-ring (bicyclic) bond motifs is 2. The van der Waals surface area contributed by atoms with Crippen molar-refractivity contribution in [2.45, 2.75) is 48.6 Å². The normalized spacial score (nSPS) is 29.9. The van der Waals surface area contributed by atoms with E-state index in [-0.39, 0.29) is 6.42 Å². The molecule has 0 spiro atoms. The van der Waals surface area contributed by atoms with Crippen LogP contribution >= 0.6 is 0 Å². The van der Waals surface area contributed by atoms with E-state index in [1.165, 1.54) is 0 Å². The zero-order valence-electron chi connectivity index (χ0n) is 12.9. The van der Waals surface area contributed by atoms with Crippen LogP contribution in [-0.4, -0.2) is 53.4 Å². The first kappa shape index (κ1) is 22.1. The van der Waals surface area contributed by atoms with Crippen LogP contribution in [0.2, 0.25) is 0 Å². The predicted molar refractivity (Wildman–Crippen MR) is 67.8 cm³/mol. The maximum absolute atomic E-state index is 13.1. The molecule has 0 amide bonds. The molecular weight excluding hydrogens is 424 g/mol. The van der Waals surface area contributed by atoms with E-state index in [0.29, 0.717) is 0 Å². The van der Waals surface area contributed by atoms with Gasteiger partial charge in [-0.3, -0.25) is 4.55 Å². The van der Waals surface area contributed by atoms with Gasteiger partial charge in [-0.05, 0) is 31.1 Å². The molecule has 2 saturated carbocycles. The van der Waals surface area contributed by atoms with Crippen molar-refractivity contribution >= 4 is 16.1 Å². The Morgan fingerprint density at radius 2 is 1.37 bits per heavy atom. The second-order valence-corrected chi connectivity index (χ2v) is 7.99. The van der Waals surface area contributed by atoms with Crippen LogP contribution in [0.25, 0.3) is 0 Å². The Balaban J connectivity index is 2.18. The highest BCUT2D eigenvalue weighted by molar-refractivity contribution is 7.87. The fourth-order valence-corrected chi connectivity index (χ4v) is 4.03. The number of carbonyl (C=O) groups is 1. The third-order valence-electron chi connectivity index (χ3n) is 5.01. The third-order valence-corrected chi connectivity index (χ3v) is 5.83. The lowest BCUT2D eigenvalue weighted by atomic mass is 9.74. The van der Waals surface area contributed by atoms with Crippen LogP contribution in [0, 0.1) is 17.8 Å². The molecule has 2 aliphatic carbocycles. The van der Waals surface area contributed by atoms with Gasteiger partial charge < -0.3 is 9.84 Å². The van der Waals surface area contributed by atoms with Gasteiger partial charge in [0.25, 0.3) is 5.60 Å². The first-order valence-electron chi connectivity index (χ1n) is 7.25. The Bertz CT molecular complexity index is 700. The molecule has 2 rings (SSSR count). The third kappa shape index (κ3) is 3.37. The van der Waals surface area contributed by atoms with Crippen LogP contribution in [0.3, 0.4) is 0 Å². The van der Waals surface area contributed by atoms with E-state index in [1.54, 1.807) is 0 Å². The van der Waals surface area contributed by atoms with Gasteiger partial charge in [-0.15, -0.1) is 0 Å². The molecule has 2 fully saturated rings. The first-order chi connectivity index (χ1) is 11.8. The molecule has 158 valence electrons. The fraction of sp³-hybridized carbons (Fsp3) is 0.917. The molecule has 2 aliphatic rings. The van der Waals surface area contributed by atoms with E-state index in [0.717, 1.165) is 0 Å². The summed E-state index contributed by atoms with van der Waals surface area (Å²) in [5.74, 6) is -7.71. The van der Waals surface area contributed by atoms with Gasteiger partial charge in [0.1, 0.15) is 6.10 Å².